The summed E-state index contributed by atoms with van der Waals surface area (Å²) in [4.78, 5) is 44.4. The fourth-order valence-electron chi connectivity index (χ4n) is 3.81. The standard InChI is InChI=1S/C24H29N5O4/c1-3-28(4-2)15-17-11-12-20(33-17)23(31)27-26-22(30)14-13-21-25-19-8-6-5-7-18(19)24(32)29(21)16-9-10-16/h5-8,11-12,16H,3-4,9-10,13-15H2,1-2H3,(H,26,30)(H,27,31). The molecule has 1 aliphatic carbocycles. The average molecular weight is 452 g/mol. The van der Waals surface area contributed by atoms with Crippen molar-refractivity contribution in [1.82, 2.24) is 25.3 Å². The number of furan rings is 1. The molecule has 0 spiro atoms. The SMILES string of the molecule is CCN(CC)Cc1ccc(C(=O)NNC(=O)CCc2nc3ccccc3c(=O)n2C2CC2)o1. The maximum atomic E-state index is 12.9. The van der Waals surface area contributed by atoms with Crippen molar-refractivity contribution in [2.75, 3.05) is 13.1 Å². The quantitative estimate of drug-likeness (QED) is 0.484. The van der Waals surface area contributed by atoms with Crippen molar-refractivity contribution < 1.29 is 14.0 Å². The van der Waals surface area contributed by atoms with Crippen LogP contribution in [0.25, 0.3) is 10.9 Å². The van der Waals surface area contributed by atoms with Gasteiger partial charge in [-0.1, -0.05) is 26.0 Å². The highest BCUT2D eigenvalue weighted by molar-refractivity contribution is 5.93. The lowest BCUT2D eigenvalue weighted by atomic mass is 10.2. The van der Waals surface area contributed by atoms with Crippen molar-refractivity contribution in [3.05, 3.63) is 64.1 Å². The van der Waals surface area contributed by atoms with Gasteiger partial charge >= 0.3 is 5.91 Å². The van der Waals surface area contributed by atoms with Crippen LogP contribution in [0, 0.1) is 0 Å². The van der Waals surface area contributed by atoms with E-state index in [0.29, 0.717) is 35.5 Å². The molecule has 9 nitrogen and oxygen atoms in total. The first-order chi connectivity index (χ1) is 16.0. The van der Waals surface area contributed by atoms with Crippen LogP contribution in [0.2, 0.25) is 0 Å². The number of carbonyl (C=O) groups excluding carboxylic acids is 2. The van der Waals surface area contributed by atoms with Crippen LogP contribution >= 0.6 is 0 Å². The lowest BCUT2D eigenvalue weighted by Gasteiger charge is -2.15. The predicted molar refractivity (Wildman–Crippen MR) is 124 cm³/mol. The normalized spacial score (nSPS) is 13.4. The van der Waals surface area contributed by atoms with Crippen LogP contribution in [-0.2, 0) is 17.8 Å². The summed E-state index contributed by atoms with van der Waals surface area (Å²) in [7, 11) is 0. The van der Waals surface area contributed by atoms with E-state index in [1.807, 2.05) is 12.1 Å². The minimum absolute atomic E-state index is 0.0647. The van der Waals surface area contributed by atoms with E-state index in [1.165, 1.54) is 0 Å². The summed E-state index contributed by atoms with van der Waals surface area (Å²) < 4.78 is 7.31. The average Bonchev–Trinajstić information content (AvgIpc) is 3.56. The molecule has 0 unspecified atom stereocenters. The molecule has 3 aromatic rings. The number of benzene rings is 1. The highest BCUT2D eigenvalue weighted by Crippen LogP contribution is 2.34. The van der Waals surface area contributed by atoms with Crippen molar-refractivity contribution >= 4 is 22.7 Å². The molecule has 2 N–H and O–H groups in total. The number of hydrogen-bond donors (Lipinski definition) is 2. The minimum atomic E-state index is -0.520. The molecule has 1 fully saturated rings. The molecule has 0 bridgehead atoms. The number of carbonyl (C=O) groups is 2. The number of nitrogens with zero attached hydrogens (tertiary/aromatic N) is 3. The Bertz CT molecular complexity index is 1210. The molecule has 0 atom stereocenters. The molecule has 174 valence electrons. The second-order valence-corrected chi connectivity index (χ2v) is 8.18. The van der Waals surface area contributed by atoms with Crippen molar-refractivity contribution in [1.29, 1.82) is 0 Å². The monoisotopic (exact) mass is 451 g/mol. The number of amides is 2. The van der Waals surface area contributed by atoms with Crippen LogP contribution in [0.3, 0.4) is 0 Å². The second kappa shape index (κ2) is 9.99. The van der Waals surface area contributed by atoms with Crippen LogP contribution in [-0.4, -0.2) is 39.4 Å². The Labute approximate surface area is 191 Å². The van der Waals surface area contributed by atoms with Gasteiger partial charge in [-0.25, -0.2) is 4.98 Å². The molecule has 0 saturated heterocycles. The first kappa shape index (κ1) is 22.7. The van der Waals surface area contributed by atoms with Crippen molar-refractivity contribution in [3.8, 4) is 0 Å². The van der Waals surface area contributed by atoms with Gasteiger partial charge in [0.25, 0.3) is 5.56 Å². The molecule has 0 radical (unpaired) electrons. The van der Waals surface area contributed by atoms with E-state index in [1.54, 1.807) is 28.8 Å². The number of para-hydroxylation sites is 1. The molecule has 9 heteroatoms. The second-order valence-electron chi connectivity index (χ2n) is 8.18. The van der Waals surface area contributed by atoms with E-state index in [2.05, 4.69) is 34.6 Å². The number of nitrogens with one attached hydrogen (secondary N) is 2. The summed E-state index contributed by atoms with van der Waals surface area (Å²) in [5.41, 5.74) is 5.36. The molecule has 0 aliphatic heterocycles. The third-order valence-electron chi connectivity index (χ3n) is 5.84. The van der Waals surface area contributed by atoms with Crippen molar-refractivity contribution in [2.45, 2.75) is 52.1 Å². The topological polar surface area (TPSA) is 109 Å². The van der Waals surface area contributed by atoms with Crippen LogP contribution in [0.1, 0.15) is 61.3 Å². The number of aromatic nitrogens is 2. The van der Waals surface area contributed by atoms with Crippen LogP contribution in [0.5, 0.6) is 0 Å². The van der Waals surface area contributed by atoms with Crippen LogP contribution < -0.4 is 16.4 Å². The molecule has 4 rings (SSSR count). The van der Waals surface area contributed by atoms with Gasteiger partial charge in [0.2, 0.25) is 5.91 Å². The lowest BCUT2D eigenvalue weighted by molar-refractivity contribution is -0.121. The summed E-state index contributed by atoms with van der Waals surface area (Å²) in [5.74, 6) is 0.525. The minimum Gasteiger partial charge on any atom is -0.454 e. The first-order valence-electron chi connectivity index (χ1n) is 11.4. The predicted octanol–water partition coefficient (Wildman–Crippen LogP) is 2.56. The van der Waals surface area contributed by atoms with Crippen LogP contribution in [0.15, 0.2) is 45.6 Å². The lowest BCUT2D eigenvalue weighted by Crippen LogP contribution is -2.41. The highest BCUT2D eigenvalue weighted by Gasteiger charge is 2.28. The van der Waals surface area contributed by atoms with Gasteiger partial charge in [-0.15, -0.1) is 0 Å². The number of aryl methyl sites for hydroxylation is 1. The zero-order valence-electron chi connectivity index (χ0n) is 19.0. The molecular weight excluding hydrogens is 422 g/mol. The van der Waals surface area contributed by atoms with Gasteiger partial charge in [0.1, 0.15) is 11.6 Å². The van der Waals surface area contributed by atoms with E-state index in [9.17, 15) is 14.4 Å². The molecular formula is C24H29N5O4. The van der Waals surface area contributed by atoms with E-state index in [0.717, 1.165) is 25.9 Å². The van der Waals surface area contributed by atoms with E-state index >= 15 is 0 Å². The van der Waals surface area contributed by atoms with Gasteiger partial charge in [0.05, 0.1) is 17.4 Å². The van der Waals surface area contributed by atoms with Gasteiger partial charge in [-0.2, -0.15) is 0 Å². The smallest absolute Gasteiger partial charge is 0.305 e. The fraction of sp³-hybridized carbons (Fsp3) is 0.417. The molecule has 33 heavy (non-hydrogen) atoms. The zero-order chi connectivity index (χ0) is 23.4. The number of rotatable bonds is 9. The Morgan fingerprint density at radius 3 is 2.61 bits per heavy atom. The van der Waals surface area contributed by atoms with Gasteiger partial charge in [0, 0.05) is 18.9 Å². The largest absolute Gasteiger partial charge is 0.454 e. The maximum Gasteiger partial charge on any atom is 0.305 e. The van der Waals surface area contributed by atoms with Gasteiger partial charge in [0.15, 0.2) is 5.76 Å². The van der Waals surface area contributed by atoms with Gasteiger partial charge in [-0.3, -0.25) is 34.7 Å². The molecule has 1 aliphatic rings. The Morgan fingerprint density at radius 1 is 1.12 bits per heavy atom. The number of hydrazine groups is 1. The van der Waals surface area contributed by atoms with E-state index in [4.69, 9.17) is 4.42 Å². The van der Waals surface area contributed by atoms with E-state index < -0.39 is 5.91 Å². The number of hydrogen-bond acceptors (Lipinski definition) is 6. The third-order valence-corrected chi connectivity index (χ3v) is 5.84. The summed E-state index contributed by atoms with van der Waals surface area (Å²) in [5, 5.41) is 0.587. The van der Waals surface area contributed by atoms with Gasteiger partial charge in [-0.05, 0) is 50.2 Å². The summed E-state index contributed by atoms with van der Waals surface area (Å²) in [6.07, 6.45) is 2.26. The molecule has 2 aromatic heterocycles. The zero-order valence-corrected chi connectivity index (χ0v) is 19.0. The molecule has 2 amide bonds. The first-order valence-corrected chi connectivity index (χ1v) is 11.4. The Morgan fingerprint density at radius 2 is 1.88 bits per heavy atom. The highest BCUT2D eigenvalue weighted by atomic mass is 16.4. The molecule has 1 saturated carbocycles. The van der Waals surface area contributed by atoms with Crippen LogP contribution in [0.4, 0.5) is 0 Å². The summed E-state index contributed by atoms with van der Waals surface area (Å²) in [6, 6.07) is 10.7. The Balaban J connectivity index is 1.34. The fourth-order valence-corrected chi connectivity index (χ4v) is 3.81. The Hall–Kier alpha value is -3.46. The summed E-state index contributed by atoms with van der Waals surface area (Å²) in [6.45, 7) is 6.51. The van der Waals surface area contributed by atoms with E-state index in [-0.39, 0.29) is 29.7 Å². The van der Waals surface area contributed by atoms with Crippen molar-refractivity contribution in [2.24, 2.45) is 0 Å². The Kier molecular flexibility index (Phi) is 6.88. The summed E-state index contributed by atoms with van der Waals surface area (Å²) >= 11 is 0. The molecule has 2 heterocycles. The molecule has 1 aromatic carbocycles. The van der Waals surface area contributed by atoms with Crippen molar-refractivity contribution in [3.63, 3.8) is 0 Å². The third kappa shape index (κ3) is 5.31. The maximum absolute atomic E-state index is 12.9. The van der Waals surface area contributed by atoms with Gasteiger partial charge < -0.3 is 4.42 Å². The number of fused-ring (bicyclic) bond motifs is 1.